The molecule has 1 unspecified atom stereocenters. The fourth-order valence-electron chi connectivity index (χ4n) is 3.49. The van der Waals surface area contributed by atoms with E-state index >= 15 is 0 Å². The van der Waals surface area contributed by atoms with Gasteiger partial charge < -0.3 is 5.73 Å². The van der Waals surface area contributed by atoms with Gasteiger partial charge >= 0.3 is 0 Å². The van der Waals surface area contributed by atoms with Crippen molar-refractivity contribution in [2.24, 2.45) is 5.73 Å². The van der Waals surface area contributed by atoms with E-state index in [9.17, 15) is 4.39 Å². The first-order valence-corrected chi connectivity index (χ1v) is 9.09. The number of rotatable bonds is 5. The van der Waals surface area contributed by atoms with Gasteiger partial charge in [0.05, 0.1) is 5.69 Å². The number of hydrogen-bond acceptors (Lipinski definition) is 3. The monoisotopic (exact) mass is 380 g/mol. The Hall–Kier alpha value is -2.76. The summed E-state index contributed by atoms with van der Waals surface area (Å²) >= 11 is 5.92. The molecule has 0 aliphatic carbocycles. The van der Waals surface area contributed by atoms with Crippen molar-refractivity contribution in [1.82, 2.24) is 15.2 Å². The van der Waals surface area contributed by atoms with Crippen LogP contribution in [0.4, 0.5) is 4.39 Å². The van der Waals surface area contributed by atoms with E-state index in [0.29, 0.717) is 23.6 Å². The van der Waals surface area contributed by atoms with Crippen LogP contribution >= 0.6 is 11.6 Å². The van der Waals surface area contributed by atoms with Gasteiger partial charge in [-0.3, -0.25) is 10.1 Å². The third-order valence-corrected chi connectivity index (χ3v) is 4.98. The van der Waals surface area contributed by atoms with Gasteiger partial charge in [-0.1, -0.05) is 35.9 Å². The van der Waals surface area contributed by atoms with Crippen LogP contribution in [0.1, 0.15) is 23.6 Å². The molecule has 0 bridgehead atoms. The van der Waals surface area contributed by atoms with Gasteiger partial charge in [-0.2, -0.15) is 5.10 Å². The predicted molar refractivity (Wildman–Crippen MR) is 106 cm³/mol. The van der Waals surface area contributed by atoms with Gasteiger partial charge in [0.25, 0.3) is 0 Å². The molecule has 0 aliphatic heterocycles. The van der Waals surface area contributed by atoms with Crippen molar-refractivity contribution in [3.8, 4) is 11.1 Å². The largest absolute Gasteiger partial charge is 0.330 e. The summed E-state index contributed by atoms with van der Waals surface area (Å²) in [4.78, 5) is 4.07. The van der Waals surface area contributed by atoms with Crippen LogP contribution in [-0.2, 0) is 0 Å². The van der Waals surface area contributed by atoms with E-state index < -0.39 is 0 Å². The molecule has 2 aromatic carbocycles. The highest BCUT2D eigenvalue weighted by Crippen LogP contribution is 2.36. The molecule has 4 aromatic rings. The highest BCUT2D eigenvalue weighted by atomic mass is 35.5. The van der Waals surface area contributed by atoms with E-state index in [4.69, 9.17) is 17.3 Å². The van der Waals surface area contributed by atoms with Crippen molar-refractivity contribution in [1.29, 1.82) is 0 Å². The quantitative estimate of drug-likeness (QED) is 0.517. The number of halogens is 2. The second kappa shape index (κ2) is 7.47. The van der Waals surface area contributed by atoms with E-state index in [0.717, 1.165) is 27.7 Å². The van der Waals surface area contributed by atoms with Gasteiger partial charge in [0.2, 0.25) is 0 Å². The molecule has 0 spiro atoms. The number of benzene rings is 2. The predicted octanol–water partition coefficient (Wildman–Crippen LogP) is 4.90. The molecule has 0 radical (unpaired) electrons. The van der Waals surface area contributed by atoms with E-state index in [1.165, 1.54) is 6.07 Å². The molecule has 1 atom stereocenters. The van der Waals surface area contributed by atoms with Crippen molar-refractivity contribution in [3.05, 3.63) is 83.0 Å². The van der Waals surface area contributed by atoms with Crippen molar-refractivity contribution < 1.29 is 4.39 Å². The molecule has 2 heterocycles. The van der Waals surface area contributed by atoms with Crippen LogP contribution in [0.2, 0.25) is 5.02 Å². The molecular weight excluding hydrogens is 363 g/mol. The third-order valence-electron chi connectivity index (χ3n) is 4.75. The fourth-order valence-corrected chi connectivity index (χ4v) is 3.65. The van der Waals surface area contributed by atoms with Crippen LogP contribution in [0.5, 0.6) is 0 Å². The molecule has 4 rings (SSSR count). The molecule has 136 valence electrons. The maximum atomic E-state index is 14.6. The normalized spacial score (nSPS) is 12.4. The molecule has 0 aliphatic rings. The molecule has 2 aromatic heterocycles. The first-order valence-electron chi connectivity index (χ1n) is 8.71. The Labute approximate surface area is 161 Å². The molecule has 0 fully saturated rings. The minimum atomic E-state index is -0.339. The number of para-hydroxylation sites is 1. The van der Waals surface area contributed by atoms with E-state index in [1.807, 2.05) is 30.3 Å². The standard InChI is InChI=1S/C21H18ClFN4/c22-14-4-5-16(19(23)12-14)17(6-9-24)21-18-3-1-2-15(20(18)26-27-21)13-7-10-25-11-8-13/h1-5,7-8,10-12,17H,6,9,24H2,(H,26,27). The summed E-state index contributed by atoms with van der Waals surface area (Å²) < 4.78 is 14.6. The Morgan fingerprint density at radius 2 is 1.93 bits per heavy atom. The highest BCUT2D eigenvalue weighted by molar-refractivity contribution is 6.30. The number of nitrogens with one attached hydrogen (secondary N) is 1. The maximum absolute atomic E-state index is 14.6. The van der Waals surface area contributed by atoms with Gasteiger partial charge in [0.1, 0.15) is 11.3 Å². The smallest absolute Gasteiger partial charge is 0.128 e. The van der Waals surface area contributed by atoms with Crippen LogP contribution < -0.4 is 5.73 Å². The third kappa shape index (κ3) is 3.31. The minimum Gasteiger partial charge on any atom is -0.330 e. The van der Waals surface area contributed by atoms with Gasteiger partial charge in [0, 0.05) is 34.3 Å². The lowest BCUT2D eigenvalue weighted by Gasteiger charge is -2.17. The second-order valence-electron chi connectivity index (χ2n) is 6.37. The lowest BCUT2D eigenvalue weighted by molar-refractivity contribution is 0.583. The van der Waals surface area contributed by atoms with Crippen LogP contribution in [0.25, 0.3) is 22.0 Å². The average Bonchev–Trinajstić information content (AvgIpc) is 3.11. The SMILES string of the molecule is NCCC(c1ccc(Cl)cc1F)c1[nH]nc2c(-c3ccncc3)cccc12. The number of H-pyrrole nitrogens is 1. The summed E-state index contributed by atoms with van der Waals surface area (Å²) in [6.45, 7) is 0.428. The summed E-state index contributed by atoms with van der Waals surface area (Å²) in [5, 5.41) is 8.99. The van der Waals surface area contributed by atoms with Crippen molar-refractivity contribution in [3.63, 3.8) is 0 Å². The minimum absolute atomic E-state index is 0.232. The van der Waals surface area contributed by atoms with Crippen LogP contribution in [0, 0.1) is 5.82 Å². The second-order valence-corrected chi connectivity index (χ2v) is 6.81. The number of pyridine rings is 1. The van der Waals surface area contributed by atoms with Crippen LogP contribution in [0.3, 0.4) is 0 Å². The maximum Gasteiger partial charge on any atom is 0.128 e. The number of aromatic amines is 1. The topological polar surface area (TPSA) is 67.6 Å². The number of hydrogen-bond donors (Lipinski definition) is 2. The molecule has 6 heteroatoms. The summed E-state index contributed by atoms with van der Waals surface area (Å²) in [6, 6.07) is 14.6. The zero-order valence-corrected chi connectivity index (χ0v) is 15.2. The van der Waals surface area contributed by atoms with Gasteiger partial charge in [-0.05, 0) is 48.4 Å². The highest BCUT2D eigenvalue weighted by Gasteiger charge is 2.23. The van der Waals surface area contributed by atoms with Crippen molar-refractivity contribution >= 4 is 22.5 Å². The van der Waals surface area contributed by atoms with E-state index in [-0.39, 0.29) is 11.7 Å². The molecule has 0 saturated heterocycles. The van der Waals surface area contributed by atoms with Gasteiger partial charge in [-0.15, -0.1) is 0 Å². The number of nitrogens with zero attached hydrogens (tertiary/aromatic N) is 2. The molecule has 4 nitrogen and oxygen atoms in total. The number of aromatic nitrogens is 3. The Balaban J connectivity index is 1.87. The molecule has 27 heavy (non-hydrogen) atoms. The number of fused-ring (bicyclic) bond motifs is 1. The summed E-state index contributed by atoms with van der Waals surface area (Å²) in [7, 11) is 0. The van der Waals surface area contributed by atoms with Crippen molar-refractivity contribution in [2.75, 3.05) is 6.54 Å². The van der Waals surface area contributed by atoms with Crippen LogP contribution in [0.15, 0.2) is 60.9 Å². The molecule has 3 N–H and O–H groups in total. The Bertz CT molecular complexity index is 1080. The summed E-state index contributed by atoms with van der Waals surface area (Å²) in [6.07, 6.45) is 4.10. The first kappa shape index (κ1) is 17.6. The lowest BCUT2D eigenvalue weighted by atomic mass is 9.89. The van der Waals surface area contributed by atoms with Crippen LogP contribution in [-0.4, -0.2) is 21.7 Å². The fraction of sp³-hybridized carbons (Fsp3) is 0.143. The summed E-state index contributed by atoms with van der Waals surface area (Å²) in [5.41, 5.74) is 10.1. The number of nitrogens with two attached hydrogens (primary N) is 1. The Morgan fingerprint density at radius 3 is 2.67 bits per heavy atom. The van der Waals surface area contributed by atoms with Gasteiger partial charge in [-0.25, -0.2) is 4.39 Å². The Kier molecular flexibility index (Phi) is 4.88. The van der Waals surface area contributed by atoms with E-state index in [2.05, 4.69) is 15.2 Å². The first-order chi connectivity index (χ1) is 13.2. The zero-order chi connectivity index (χ0) is 18.8. The molecular formula is C21H18ClFN4. The summed E-state index contributed by atoms with van der Waals surface area (Å²) in [5.74, 6) is -0.570. The molecule has 0 amide bonds. The van der Waals surface area contributed by atoms with Gasteiger partial charge in [0.15, 0.2) is 0 Å². The average molecular weight is 381 g/mol. The molecule has 0 saturated carbocycles. The lowest BCUT2D eigenvalue weighted by Crippen LogP contribution is -2.11. The zero-order valence-electron chi connectivity index (χ0n) is 14.5. The van der Waals surface area contributed by atoms with Crippen molar-refractivity contribution in [2.45, 2.75) is 12.3 Å². The van der Waals surface area contributed by atoms with E-state index in [1.54, 1.807) is 24.5 Å². The Morgan fingerprint density at radius 1 is 1.11 bits per heavy atom.